The van der Waals surface area contributed by atoms with Crippen molar-refractivity contribution in [3.05, 3.63) is 65.7 Å². The summed E-state index contributed by atoms with van der Waals surface area (Å²) in [7, 11) is 0. The topological polar surface area (TPSA) is 46.2 Å². The minimum atomic E-state index is -0.218. The number of hydrogen-bond donors (Lipinski definition) is 1. The zero-order valence-electron chi connectivity index (χ0n) is 10.0. The zero-order chi connectivity index (χ0) is 13.0. The summed E-state index contributed by atoms with van der Waals surface area (Å²) in [4.78, 5) is 23.2. The molecule has 18 heavy (non-hydrogen) atoms. The van der Waals surface area contributed by atoms with E-state index in [1.807, 2.05) is 30.3 Å². The van der Waals surface area contributed by atoms with Crippen LogP contribution in [0, 0.1) is 0 Å². The highest BCUT2D eigenvalue weighted by atomic mass is 16.1. The Morgan fingerprint density at radius 1 is 0.889 bits per heavy atom. The number of ketones is 1. The third-order valence-corrected chi connectivity index (χ3v) is 2.56. The lowest BCUT2D eigenvalue weighted by Gasteiger charge is -2.05. The first-order chi connectivity index (χ1) is 8.66. The van der Waals surface area contributed by atoms with E-state index in [0.29, 0.717) is 11.1 Å². The van der Waals surface area contributed by atoms with Crippen LogP contribution in [0.3, 0.4) is 0 Å². The first-order valence-corrected chi connectivity index (χ1v) is 5.64. The van der Waals surface area contributed by atoms with Crippen LogP contribution >= 0.6 is 0 Å². The van der Waals surface area contributed by atoms with Gasteiger partial charge in [-0.3, -0.25) is 9.59 Å². The van der Waals surface area contributed by atoms with E-state index in [1.54, 1.807) is 24.3 Å². The minimum Gasteiger partial charge on any atom is -0.322 e. The number of nitrogens with one attached hydrogen (secondary N) is 1. The fraction of sp³-hybridized carbons (Fsp3) is 0.0667. The first kappa shape index (κ1) is 12.0. The van der Waals surface area contributed by atoms with E-state index in [4.69, 9.17) is 0 Å². The Kier molecular flexibility index (Phi) is 3.53. The molecular weight excluding hydrogens is 226 g/mol. The molecule has 0 unspecified atom stereocenters. The number of anilines is 1. The highest BCUT2D eigenvalue weighted by Gasteiger charge is 2.08. The highest BCUT2D eigenvalue weighted by Crippen LogP contribution is 2.10. The maximum Gasteiger partial charge on any atom is 0.255 e. The maximum atomic E-state index is 12.0. The molecule has 0 aromatic heterocycles. The molecular formula is C15H13NO2. The molecule has 0 fully saturated rings. The number of hydrogen-bond acceptors (Lipinski definition) is 2. The SMILES string of the molecule is CC(=O)c1cccc(C(=O)Nc2ccccc2)c1. The van der Waals surface area contributed by atoms with Crippen LogP contribution in [-0.2, 0) is 0 Å². The summed E-state index contributed by atoms with van der Waals surface area (Å²) in [5.41, 5.74) is 1.75. The van der Waals surface area contributed by atoms with Crippen molar-refractivity contribution in [3.63, 3.8) is 0 Å². The fourth-order valence-electron chi connectivity index (χ4n) is 1.60. The molecule has 0 radical (unpaired) electrons. The molecule has 2 aromatic rings. The molecule has 2 aromatic carbocycles. The molecule has 0 saturated carbocycles. The van der Waals surface area contributed by atoms with Crippen molar-refractivity contribution in [2.45, 2.75) is 6.92 Å². The molecule has 0 heterocycles. The van der Waals surface area contributed by atoms with E-state index in [1.165, 1.54) is 6.92 Å². The number of rotatable bonds is 3. The van der Waals surface area contributed by atoms with Crippen molar-refractivity contribution < 1.29 is 9.59 Å². The Balaban J connectivity index is 2.19. The van der Waals surface area contributed by atoms with Crippen LogP contribution in [0.25, 0.3) is 0 Å². The van der Waals surface area contributed by atoms with Gasteiger partial charge in [0.25, 0.3) is 5.91 Å². The second kappa shape index (κ2) is 5.27. The Morgan fingerprint density at radius 3 is 2.22 bits per heavy atom. The van der Waals surface area contributed by atoms with Crippen LogP contribution in [0.4, 0.5) is 5.69 Å². The van der Waals surface area contributed by atoms with Crippen LogP contribution in [0.2, 0.25) is 0 Å². The van der Waals surface area contributed by atoms with E-state index in [0.717, 1.165) is 5.69 Å². The Hall–Kier alpha value is -2.42. The monoisotopic (exact) mass is 239 g/mol. The number of carbonyl (C=O) groups excluding carboxylic acids is 2. The van der Waals surface area contributed by atoms with Gasteiger partial charge < -0.3 is 5.32 Å². The average Bonchev–Trinajstić information content (AvgIpc) is 2.40. The fourth-order valence-corrected chi connectivity index (χ4v) is 1.60. The number of benzene rings is 2. The van der Waals surface area contributed by atoms with Gasteiger partial charge in [0.15, 0.2) is 5.78 Å². The van der Waals surface area contributed by atoms with Crippen LogP contribution in [0.15, 0.2) is 54.6 Å². The normalized spacial score (nSPS) is 9.83. The van der Waals surface area contributed by atoms with Crippen LogP contribution in [0.1, 0.15) is 27.6 Å². The van der Waals surface area contributed by atoms with Crippen LogP contribution in [0.5, 0.6) is 0 Å². The summed E-state index contributed by atoms with van der Waals surface area (Å²) in [5, 5.41) is 2.77. The summed E-state index contributed by atoms with van der Waals surface area (Å²) in [6.45, 7) is 1.48. The van der Waals surface area contributed by atoms with Crippen molar-refractivity contribution in [1.82, 2.24) is 0 Å². The molecule has 90 valence electrons. The van der Waals surface area contributed by atoms with Gasteiger partial charge in [0, 0.05) is 16.8 Å². The Labute approximate surface area is 105 Å². The number of carbonyl (C=O) groups is 2. The minimum absolute atomic E-state index is 0.0515. The lowest BCUT2D eigenvalue weighted by molar-refractivity contribution is 0.101. The maximum absolute atomic E-state index is 12.0. The molecule has 0 aliphatic rings. The first-order valence-electron chi connectivity index (χ1n) is 5.64. The van der Waals surface area contributed by atoms with Gasteiger partial charge in [0.2, 0.25) is 0 Å². The van der Waals surface area contributed by atoms with Crippen LogP contribution in [-0.4, -0.2) is 11.7 Å². The number of amides is 1. The molecule has 0 bridgehead atoms. The standard InChI is InChI=1S/C15H13NO2/c1-11(17)12-6-5-7-13(10-12)15(18)16-14-8-3-2-4-9-14/h2-10H,1H3,(H,16,18). The molecule has 3 nitrogen and oxygen atoms in total. The predicted octanol–water partition coefficient (Wildman–Crippen LogP) is 3.14. The van der Waals surface area contributed by atoms with Crippen molar-refractivity contribution >= 4 is 17.4 Å². The third-order valence-electron chi connectivity index (χ3n) is 2.56. The third kappa shape index (κ3) is 2.83. The zero-order valence-corrected chi connectivity index (χ0v) is 10.0. The molecule has 1 amide bonds. The van der Waals surface area contributed by atoms with Crippen molar-refractivity contribution in [2.24, 2.45) is 0 Å². The van der Waals surface area contributed by atoms with Gasteiger partial charge in [-0.05, 0) is 31.2 Å². The Morgan fingerprint density at radius 2 is 1.56 bits per heavy atom. The lowest BCUT2D eigenvalue weighted by Crippen LogP contribution is -2.12. The van der Waals surface area contributed by atoms with E-state index in [-0.39, 0.29) is 11.7 Å². The predicted molar refractivity (Wildman–Crippen MR) is 70.8 cm³/mol. The average molecular weight is 239 g/mol. The van der Waals surface area contributed by atoms with Crippen molar-refractivity contribution in [3.8, 4) is 0 Å². The summed E-state index contributed by atoms with van der Waals surface area (Å²) >= 11 is 0. The van der Waals surface area contributed by atoms with Gasteiger partial charge in [0.1, 0.15) is 0 Å². The van der Waals surface area contributed by atoms with E-state index in [2.05, 4.69) is 5.32 Å². The summed E-state index contributed by atoms with van der Waals surface area (Å²) in [6.07, 6.45) is 0. The van der Waals surface area contributed by atoms with Crippen molar-refractivity contribution in [1.29, 1.82) is 0 Å². The van der Waals surface area contributed by atoms with Gasteiger partial charge in [-0.1, -0.05) is 30.3 Å². The molecule has 0 spiro atoms. The molecule has 0 aliphatic heterocycles. The number of Topliss-reactive ketones (excluding diaryl/α,β-unsaturated/α-hetero) is 1. The molecule has 3 heteroatoms. The van der Waals surface area contributed by atoms with Gasteiger partial charge in [0.05, 0.1) is 0 Å². The lowest BCUT2D eigenvalue weighted by atomic mass is 10.1. The van der Waals surface area contributed by atoms with Gasteiger partial charge in [-0.15, -0.1) is 0 Å². The van der Waals surface area contributed by atoms with Crippen LogP contribution < -0.4 is 5.32 Å². The quantitative estimate of drug-likeness (QED) is 0.836. The largest absolute Gasteiger partial charge is 0.322 e. The number of para-hydroxylation sites is 1. The molecule has 1 N–H and O–H groups in total. The molecule has 0 atom stereocenters. The summed E-state index contributed by atoms with van der Waals surface area (Å²) < 4.78 is 0. The van der Waals surface area contributed by atoms with Gasteiger partial charge in [-0.25, -0.2) is 0 Å². The summed E-state index contributed by atoms with van der Waals surface area (Å²) in [5.74, 6) is -0.270. The Bertz CT molecular complexity index is 576. The highest BCUT2D eigenvalue weighted by molar-refractivity contribution is 6.06. The van der Waals surface area contributed by atoms with E-state index >= 15 is 0 Å². The van der Waals surface area contributed by atoms with E-state index in [9.17, 15) is 9.59 Å². The summed E-state index contributed by atoms with van der Waals surface area (Å²) in [6, 6.07) is 15.9. The van der Waals surface area contributed by atoms with E-state index < -0.39 is 0 Å². The van der Waals surface area contributed by atoms with Gasteiger partial charge in [-0.2, -0.15) is 0 Å². The van der Waals surface area contributed by atoms with Crippen molar-refractivity contribution in [2.75, 3.05) is 5.32 Å². The second-order valence-electron chi connectivity index (χ2n) is 3.96. The molecule has 2 rings (SSSR count). The molecule has 0 aliphatic carbocycles. The smallest absolute Gasteiger partial charge is 0.255 e. The molecule has 0 saturated heterocycles. The van der Waals surface area contributed by atoms with Gasteiger partial charge >= 0.3 is 0 Å². The second-order valence-corrected chi connectivity index (χ2v) is 3.96.